The van der Waals surface area contributed by atoms with Crippen molar-refractivity contribution in [2.75, 3.05) is 26.2 Å². The molecule has 3 rings (SSSR count). The molecular formula is C15H28N2. The lowest BCUT2D eigenvalue weighted by molar-refractivity contribution is 0.0479. The fraction of sp³-hybridized carbons (Fsp3) is 1.00. The SMILES string of the molecule is CCC1CN2CCCC2CN1CCCC1CC1. The zero-order valence-corrected chi connectivity index (χ0v) is 11.4. The topological polar surface area (TPSA) is 6.48 Å². The van der Waals surface area contributed by atoms with E-state index < -0.39 is 0 Å². The van der Waals surface area contributed by atoms with Crippen LogP contribution in [0.4, 0.5) is 0 Å². The van der Waals surface area contributed by atoms with E-state index in [0.29, 0.717) is 0 Å². The zero-order chi connectivity index (χ0) is 11.7. The van der Waals surface area contributed by atoms with Gasteiger partial charge in [0.2, 0.25) is 0 Å². The van der Waals surface area contributed by atoms with Gasteiger partial charge in [-0.2, -0.15) is 0 Å². The molecule has 98 valence electrons. The molecule has 0 N–H and O–H groups in total. The Labute approximate surface area is 106 Å². The van der Waals surface area contributed by atoms with Crippen LogP contribution in [0.15, 0.2) is 0 Å². The highest BCUT2D eigenvalue weighted by Crippen LogP contribution is 2.34. The van der Waals surface area contributed by atoms with Crippen LogP contribution in [0, 0.1) is 5.92 Å². The summed E-state index contributed by atoms with van der Waals surface area (Å²) in [5.74, 6) is 1.11. The first-order valence-electron chi connectivity index (χ1n) is 7.85. The molecule has 2 nitrogen and oxygen atoms in total. The van der Waals surface area contributed by atoms with Crippen LogP contribution in [0.25, 0.3) is 0 Å². The first-order valence-corrected chi connectivity index (χ1v) is 7.85. The fourth-order valence-corrected chi connectivity index (χ4v) is 3.80. The van der Waals surface area contributed by atoms with Crippen molar-refractivity contribution in [1.29, 1.82) is 0 Å². The molecule has 0 bridgehead atoms. The molecule has 0 radical (unpaired) electrons. The van der Waals surface area contributed by atoms with E-state index in [1.165, 1.54) is 71.1 Å². The summed E-state index contributed by atoms with van der Waals surface area (Å²) in [6, 6.07) is 1.75. The van der Waals surface area contributed by atoms with Crippen molar-refractivity contribution in [3.05, 3.63) is 0 Å². The van der Waals surface area contributed by atoms with Crippen molar-refractivity contribution in [2.45, 2.75) is 64.0 Å². The van der Waals surface area contributed by atoms with Crippen molar-refractivity contribution < 1.29 is 0 Å². The van der Waals surface area contributed by atoms with E-state index in [-0.39, 0.29) is 0 Å². The van der Waals surface area contributed by atoms with E-state index >= 15 is 0 Å². The summed E-state index contributed by atoms with van der Waals surface area (Å²) in [7, 11) is 0. The lowest BCUT2D eigenvalue weighted by Crippen LogP contribution is -2.55. The van der Waals surface area contributed by atoms with Gasteiger partial charge < -0.3 is 0 Å². The minimum absolute atomic E-state index is 0.851. The van der Waals surface area contributed by atoms with Crippen molar-refractivity contribution in [3.8, 4) is 0 Å². The van der Waals surface area contributed by atoms with E-state index in [1.807, 2.05) is 0 Å². The third-order valence-corrected chi connectivity index (χ3v) is 5.13. The van der Waals surface area contributed by atoms with Crippen molar-refractivity contribution >= 4 is 0 Å². The lowest BCUT2D eigenvalue weighted by Gasteiger charge is -2.43. The second-order valence-electron chi connectivity index (χ2n) is 6.43. The summed E-state index contributed by atoms with van der Waals surface area (Å²) >= 11 is 0. The molecule has 3 aliphatic rings. The van der Waals surface area contributed by atoms with Gasteiger partial charge in [0, 0.05) is 25.2 Å². The summed E-state index contributed by atoms with van der Waals surface area (Å²) in [4.78, 5) is 5.57. The molecule has 0 aromatic rings. The first-order chi connectivity index (χ1) is 8.36. The second kappa shape index (κ2) is 5.27. The van der Waals surface area contributed by atoms with E-state index in [2.05, 4.69) is 16.7 Å². The smallest absolute Gasteiger partial charge is 0.0224 e. The minimum Gasteiger partial charge on any atom is -0.298 e. The third-order valence-electron chi connectivity index (χ3n) is 5.13. The molecule has 0 spiro atoms. The third kappa shape index (κ3) is 2.85. The molecule has 2 atom stereocenters. The zero-order valence-electron chi connectivity index (χ0n) is 11.4. The molecule has 1 saturated carbocycles. The Morgan fingerprint density at radius 3 is 2.76 bits per heavy atom. The van der Waals surface area contributed by atoms with Gasteiger partial charge >= 0.3 is 0 Å². The Morgan fingerprint density at radius 1 is 1.12 bits per heavy atom. The van der Waals surface area contributed by atoms with Crippen LogP contribution < -0.4 is 0 Å². The molecule has 2 saturated heterocycles. The van der Waals surface area contributed by atoms with Crippen LogP contribution in [0.1, 0.15) is 51.9 Å². The number of rotatable bonds is 5. The Balaban J connectivity index is 1.49. The molecule has 2 unspecified atom stereocenters. The Bertz CT molecular complexity index is 249. The van der Waals surface area contributed by atoms with Crippen LogP contribution in [-0.2, 0) is 0 Å². The number of fused-ring (bicyclic) bond motifs is 1. The molecule has 3 fully saturated rings. The van der Waals surface area contributed by atoms with E-state index in [0.717, 1.165) is 18.0 Å². The predicted octanol–water partition coefficient (Wildman–Crippen LogP) is 2.74. The number of nitrogens with zero attached hydrogens (tertiary/aromatic N) is 2. The maximum Gasteiger partial charge on any atom is 0.0224 e. The molecule has 0 aromatic heterocycles. The summed E-state index contributed by atoms with van der Waals surface area (Å²) in [5, 5.41) is 0. The number of piperazine rings is 1. The van der Waals surface area contributed by atoms with Crippen LogP contribution in [0.3, 0.4) is 0 Å². The van der Waals surface area contributed by atoms with E-state index in [1.54, 1.807) is 0 Å². The average Bonchev–Trinajstić information content (AvgIpc) is 3.05. The van der Waals surface area contributed by atoms with Crippen molar-refractivity contribution in [1.82, 2.24) is 9.80 Å². The van der Waals surface area contributed by atoms with Crippen molar-refractivity contribution in [3.63, 3.8) is 0 Å². The van der Waals surface area contributed by atoms with Crippen LogP contribution >= 0.6 is 0 Å². The monoisotopic (exact) mass is 236 g/mol. The van der Waals surface area contributed by atoms with Gasteiger partial charge in [0.1, 0.15) is 0 Å². The van der Waals surface area contributed by atoms with Crippen LogP contribution in [0.5, 0.6) is 0 Å². The summed E-state index contributed by atoms with van der Waals surface area (Å²) < 4.78 is 0. The molecular weight excluding hydrogens is 208 g/mol. The maximum atomic E-state index is 2.81. The number of hydrogen-bond acceptors (Lipinski definition) is 2. The quantitative estimate of drug-likeness (QED) is 0.724. The highest BCUT2D eigenvalue weighted by molar-refractivity contribution is 4.91. The van der Waals surface area contributed by atoms with Gasteiger partial charge in [-0.25, -0.2) is 0 Å². The second-order valence-corrected chi connectivity index (χ2v) is 6.43. The first kappa shape index (κ1) is 12.0. The van der Waals surface area contributed by atoms with Crippen molar-refractivity contribution in [2.24, 2.45) is 5.92 Å². The van der Waals surface area contributed by atoms with Crippen LogP contribution in [0.2, 0.25) is 0 Å². The average molecular weight is 236 g/mol. The lowest BCUT2D eigenvalue weighted by atomic mass is 10.0. The standard InChI is InChI=1S/C15H28N2/c1-2-14-11-17-10-4-6-15(17)12-16(14)9-3-5-13-7-8-13/h13-15H,2-12H2,1H3. The maximum absolute atomic E-state index is 2.81. The molecule has 0 amide bonds. The number of hydrogen-bond donors (Lipinski definition) is 0. The van der Waals surface area contributed by atoms with Crippen LogP contribution in [-0.4, -0.2) is 48.1 Å². The van der Waals surface area contributed by atoms with Gasteiger partial charge in [-0.1, -0.05) is 19.8 Å². The molecule has 2 aliphatic heterocycles. The molecule has 2 heterocycles. The summed E-state index contributed by atoms with van der Waals surface area (Å²) in [6.45, 7) is 7.83. The van der Waals surface area contributed by atoms with E-state index in [9.17, 15) is 0 Å². The highest BCUT2D eigenvalue weighted by atomic mass is 15.3. The van der Waals surface area contributed by atoms with Gasteiger partial charge in [0.15, 0.2) is 0 Å². The van der Waals surface area contributed by atoms with Gasteiger partial charge in [0.25, 0.3) is 0 Å². The van der Waals surface area contributed by atoms with Gasteiger partial charge in [-0.15, -0.1) is 0 Å². The fourth-order valence-electron chi connectivity index (χ4n) is 3.80. The molecule has 17 heavy (non-hydrogen) atoms. The normalized spacial score (nSPS) is 35.1. The predicted molar refractivity (Wildman–Crippen MR) is 72.2 cm³/mol. The Morgan fingerprint density at radius 2 is 2.00 bits per heavy atom. The van der Waals surface area contributed by atoms with Gasteiger partial charge in [-0.05, 0) is 51.1 Å². The highest BCUT2D eigenvalue weighted by Gasteiger charge is 2.35. The molecule has 2 heteroatoms. The van der Waals surface area contributed by atoms with Gasteiger partial charge in [-0.3, -0.25) is 9.80 Å². The molecule has 1 aliphatic carbocycles. The Hall–Kier alpha value is -0.0800. The summed E-state index contributed by atoms with van der Waals surface area (Å²) in [6.07, 6.45) is 10.2. The van der Waals surface area contributed by atoms with E-state index in [4.69, 9.17) is 0 Å². The van der Waals surface area contributed by atoms with Gasteiger partial charge in [0.05, 0.1) is 0 Å². The summed E-state index contributed by atoms with van der Waals surface area (Å²) in [5.41, 5.74) is 0. The largest absolute Gasteiger partial charge is 0.298 e. The Kier molecular flexibility index (Phi) is 3.72. The minimum atomic E-state index is 0.851. The molecule has 0 aromatic carbocycles.